The first-order chi connectivity index (χ1) is 6.40. The summed E-state index contributed by atoms with van der Waals surface area (Å²) in [7, 11) is 0. The van der Waals surface area contributed by atoms with Crippen LogP contribution in [0.3, 0.4) is 0 Å². The second-order valence-corrected chi connectivity index (χ2v) is 3.37. The molecule has 0 heterocycles. The molecule has 0 saturated carbocycles. The molecule has 2 N–H and O–H groups in total. The van der Waals surface area contributed by atoms with Crippen LogP contribution in [0.25, 0.3) is 0 Å². The van der Waals surface area contributed by atoms with E-state index in [1.54, 1.807) is 6.92 Å². The molecule has 5 heteroatoms. The van der Waals surface area contributed by atoms with Crippen LogP contribution in [0, 0.1) is 5.92 Å². The van der Waals surface area contributed by atoms with Crippen molar-refractivity contribution in [1.82, 2.24) is 5.32 Å². The maximum absolute atomic E-state index is 11.0. The molecule has 0 bridgehead atoms. The number of aliphatic hydroxyl groups is 1. The minimum atomic E-state index is -1.33. The van der Waals surface area contributed by atoms with Gasteiger partial charge in [0.25, 0.3) is 0 Å². The van der Waals surface area contributed by atoms with Crippen LogP contribution >= 0.6 is 0 Å². The minimum Gasteiger partial charge on any atom is -0.548 e. The minimum absolute atomic E-state index is 0.220. The molecule has 1 amide bonds. The molecule has 0 aromatic heterocycles. The van der Waals surface area contributed by atoms with Gasteiger partial charge in [0.2, 0.25) is 5.91 Å². The van der Waals surface area contributed by atoms with E-state index in [2.05, 4.69) is 5.32 Å². The zero-order valence-electron chi connectivity index (χ0n) is 8.61. The zero-order chi connectivity index (χ0) is 11.3. The average molecular weight is 202 g/mol. The maximum atomic E-state index is 11.0. The second kappa shape index (κ2) is 5.59. The lowest BCUT2D eigenvalue weighted by atomic mass is 9.99. The number of carboxylic acid groups (broad SMARTS) is 1. The fourth-order valence-corrected chi connectivity index (χ4v) is 0.943. The molecule has 0 fully saturated rings. The topological polar surface area (TPSA) is 89.5 Å². The number of hydrogen-bond donors (Lipinski definition) is 2. The molecule has 0 radical (unpaired) electrons. The average Bonchev–Trinajstić information content (AvgIpc) is 2.11. The number of nitrogens with one attached hydrogen (secondary N) is 1. The molecule has 0 aliphatic carbocycles. The molecular formula is C9H16NO4-. The van der Waals surface area contributed by atoms with Crippen molar-refractivity contribution in [3.05, 3.63) is 0 Å². The van der Waals surface area contributed by atoms with Gasteiger partial charge in [0.15, 0.2) is 0 Å². The summed E-state index contributed by atoms with van der Waals surface area (Å²) >= 11 is 0. The van der Waals surface area contributed by atoms with Gasteiger partial charge in [0.05, 0.1) is 12.0 Å². The molecule has 0 aromatic rings. The van der Waals surface area contributed by atoms with Crippen molar-refractivity contribution < 1.29 is 19.8 Å². The van der Waals surface area contributed by atoms with E-state index in [0.29, 0.717) is 6.42 Å². The Labute approximate surface area is 83.1 Å². The van der Waals surface area contributed by atoms with Crippen LogP contribution in [0.4, 0.5) is 0 Å². The number of hydrogen-bond acceptors (Lipinski definition) is 4. The Hall–Kier alpha value is -1.10. The number of carbonyl (C=O) groups excluding carboxylic acids is 2. The quantitative estimate of drug-likeness (QED) is 0.576. The molecule has 3 atom stereocenters. The first-order valence-electron chi connectivity index (χ1n) is 4.59. The molecule has 0 rings (SSSR count). The van der Waals surface area contributed by atoms with Gasteiger partial charge in [-0.25, -0.2) is 0 Å². The van der Waals surface area contributed by atoms with Gasteiger partial charge >= 0.3 is 0 Å². The Morgan fingerprint density at radius 2 is 1.93 bits per heavy atom. The maximum Gasteiger partial charge on any atom is 0.249 e. The SMILES string of the molecule is CCC(C)C(NC(=O)C(C)O)C(=O)[O-]. The van der Waals surface area contributed by atoms with E-state index in [9.17, 15) is 14.7 Å². The number of rotatable bonds is 5. The van der Waals surface area contributed by atoms with Crippen LogP contribution < -0.4 is 10.4 Å². The Balaban J connectivity index is 4.38. The summed E-state index contributed by atoms with van der Waals surface area (Å²) in [4.78, 5) is 21.7. The number of carboxylic acids is 1. The highest BCUT2D eigenvalue weighted by Gasteiger charge is 2.21. The van der Waals surface area contributed by atoms with Crippen molar-refractivity contribution in [2.24, 2.45) is 5.92 Å². The highest BCUT2D eigenvalue weighted by Crippen LogP contribution is 2.07. The van der Waals surface area contributed by atoms with Crippen LogP contribution in [0.2, 0.25) is 0 Å². The molecular weight excluding hydrogens is 186 g/mol. The first-order valence-corrected chi connectivity index (χ1v) is 4.59. The van der Waals surface area contributed by atoms with Gasteiger partial charge in [-0.15, -0.1) is 0 Å². The van der Waals surface area contributed by atoms with Crippen molar-refractivity contribution in [1.29, 1.82) is 0 Å². The highest BCUT2D eigenvalue weighted by molar-refractivity contribution is 5.85. The normalized spacial score (nSPS) is 16.9. The molecule has 3 unspecified atom stereocenters. The molecule has 0 aliphatic heterocycles. The summed E-state index contributed by atoms with van der Waals surface area (Å²) in [6.45, 7) is 4.79. The lowest BCUT2D eigenvalue weighted by Gasteiger charge is -2.25. The predicted octanol–water partition coefficient (Wildman–Crippen LogP) is -1.35. The Morgan fingerprint density at radius 3 is 2.21 bits per heavy atom. The third-order valence-corrected chi connectivity index (χ3v) is 2.14. The summed E-state index contributed by atoms with van der Waals surface area (Å²) in [6.07, 6.45) is -0.598. The van der Waals surface area contributed by atoms with Gasteiger partial charge in [0.1, 0.15) is 6.10 Å². The third-order valence-electron chi connectivity index (χ3n) is 2.14. The first kappa shape index (κ1) is 12.9. The number of amides is 1. The van der Waals surface area contributed by atoms with E-state index in [4.69, 9.17) is 5.11 Å². The predicted molar refractivity (Wildman–Crippen MR) is 48.1 cm³/mol. The van der Waals surface area contributed by atoms with E-state index >= 15 is 0 Å². The summed E-state index contributed by atoms with van der Waals surface area (Å²) in [6, 6.07) is -1.04. The van der Waals surface area contributed by atoms with Crippen molar-refractivity contribution in [2.45, 2.75) is 39.3 Å². The molecule has 82 valence electrons. The van der Waals surface area contributed by atoms with Crippen LogP contribution in [-0.4, -0.2) is 29.1 Å². The number of aliphatic carboxylic acids is 1. The zero-order valence-corrected chi connectivity index (χ0v) is 8.61. The van der Waals surface area contributed by atoms with Crippen LogP contribution in [0.1, 0.15) is 27.2 Å². The van der Waals surface area contributed by atoms with Crippen molar-refractivity contribution >= 4 is 11.9 Å². The van der Waals surface area contributed by atoms with Gasteiger partial charge in [-0.2, -0.15) is 0 Å². The highest BCUT2D eigenvalue weighted by atomic mass is 16.4. The van der Waals surface area contributed by atoms with E-state index in [0.717, 1.165) is 0 Å². The van der Waals surface area contributed by atoms with Crippen LogP contribution in [0.5, 0.6) is 0 Å². The van der Waals surface area contributed by atoms with E-state index in [1.807, 2.05) is 6.92 Å². The van der Waals surface area contributed by atoms with E-state index < -0.39 is 24.0 Å². The lowest BCUT2D eigenvalue weighted by Crippen LogP contribution is -2.53. The molecule has 0 aromatic carbocycles. The Bertz CT molecular complexity index is 215. The second-order valence-electron chi connectivity index (χ2n) is 3.37. The number of carbonyl (C=O) groups is 2. The Morgan fingerprint density at radius 1 is 1.43 bits per heavy atom. The monoisotopic (exact) mass is 202 g/mol. The Kier molecular flexibility index (Phi) is 5.15. The molecule has 14 heavy (non-hydrogen) atoms. The molecule has 0 saturated heterocycles. The fourth-order valence-electron chi connectivity index (χ4n) is 0.943. The largest absolute Gasteiger partial charge is 0.548 e. The van der Waals surface area contributed by atoms with Gasteiger partial charge in [-0.3, -0.25) is 4.79 Å². The standard InChI is InChI=1S/C9H17NO4/c1-4-5(2)7(9(13)14)10-8(12)6(3)11/h5-7,11H,4H2,1-3H3,(H,10,12)(H,13,14)/p-1. The van der Waals surface area contributed by atoms with Crippen molar-refractivity contribution in [3.63, 3.8) is 0 Å². The third kappa shape index (κ3) is 3.74. The van der Waals surface area contributed by atoms with Crippen LogP contribution in [0.15, 0.2) is 0 Å². The van der Waals surface area contributed by atoms with Gasteiger partial charge < -0.3 is 20.3 Å². The lowest BCUT2D eigenvalue weighted by molar-refractivity contribution is -0.309. The van der Waals surface area contributed by atoms with E-state index in [-0.39, 0.29) is 5.92 Å². The smallest absolute Gasteiger partial charge is 0.249 e. The summed E-state index contributed by atoms with van der Waals surface area (Å²) in [5.41, 5.74) is 0. The van der Waals surface area contributed by atoms with Gasteiger partial charge in [-0.1, -0.05) is 20.3 Å². The van der Waals surface area contributed by atoms with Crippen LogP contribution in [-0.2, 0) is 9.59 Å². The van der Waals surface area contributed by atoms with Crippen molar-refractivity contribution in [3.8, 4) is 0 Å². The fraction of sp³-hybridized carbons (Fsp3) is 0.778. The van der Waals surface area contributed by atoms with E-state index in [1.165, 1.54) is 6.92 Å². The molecule has 5 nitrogen and oxygen atoms in total. The summed E-state index contributed by atoms with van der Waals surface area (Å²) in [5, 5.41) is 21.7. The summed E-state index contributed by atoms with van der Waals surface area (Å²) in [5.74, 6) is -2.24. The number of aliphatic hydroxyl groups excluding tert-OH is 1. The molecule has 0 aliphatic rings. The molecule has 0 spiro atoms. The van der Waals surface area contributed by atoms with Crippen molar-refractivity contribution in [2.75, 3.05) is 0 Å². The van der Waals surface area contributed by atoms with Gasteiger partial charge in [-0.05, 0) is 12.8 Å². The van der Waals surface area contributed by atoms with Gasteiger partial charge in [0, 0.05) is 0 Å². The summed E-state index contributed by atoms with van der Waals surface area (Å²) < 4.78 is 0.